The van der Waals surface area contributed by atoms with E-state index in [-0.39, 0.29) is 32.6 Å². The van der Waals surface area contributed by atoms with Gasteiger partial charge in [-0.3, -0.25) is 14.2 Å². The number of likely N-dealkylation sites (N-methyl/N-ethyl adjacent to an activating group) is 1. The number of benzene rings is 2. The number of halogens is 4. The van der Waals surface area contributed by atoms with Gasteiger partial charge in [-0.05, 0) is 30.3 Å². The van der Waals surface area contributed by atoms with E-state index in [1.807, 2.05) is 0 Å². The zero-order chi connectivity index (χ0) is 22.5. The van der Waals surface area contributed by atoms with E-state index in [0.29, 0.717) is 6.07 Å². The number of pyridine rings is 1. The second-order valence-electron chi connectivity index (χ2n) is 6.21. The molecule has 3 rings (SSSR count). The second-order valence-corrected chi connectivity index (χ2v) is 7.02. The third-order valence-corrected chi connectivity index (χ3v) is 4.79. The lowest BCUT2D eigenvalue weighted by molar-refractivity contribution is -0.125. The number of oxime groups is 1. The second kappa shape index (κ2) is 9.72. The average Bonchev–Trinajstić information content (AvgIpc) is 2.73. The van der Waals surface area contributed by atoms with E-state index in [1.54, 1.807) is 18.2 Å². The van der Waals surface area contributed by atoms with Crippen molar-refractivity contribution in [2.24, 2.45) is 5.16 Å². The maximum absolute atomic E-state index is 14.5. The Morgan fingerprint density at radius 1 is 1.13 bits per heavy atom. The summed E-state index contributed by atoms with van der Waals surface area (Å²) < 4.78 is 29.1. The van der Waals surface area contributed by atoms with Gasteiger partial charge in [-0.1, -0.05) is 34.4 Å². The van der Waals surface area contributed by atoms with Crippen molar-refractivity contribution in [3.8, 4) is 5.69 Å². The van der Waals surface area contributed by atoms with Crippen LogP contribution in [0, 0.1) is 11.6 Å². The molecule has 31 heavy (non-hydrogen) atoms. The monoisotopic (exact) mass is 465 g/mol. The van der Waals surface area contributed by atoms with Crippen LogP contribution in [-0.4, -0.2) is 29.8 Å². The molecule has 2 aromatic carbocycles. The van der Waals surface area contributed by atoms with E-state index in [1.165, 1.54) is 36.0 Å². The van der Waals surface area contributed by atoms with E-state index in [0.717, 1.165) is 6.07 Å². The molecule has 160 valence electrons. The van der Waals surface area contributed by atoms with Gasteiger partial charge >= 0.3 is 0 Å². The summed E-state index contributed by atoms with van der Waals surface area (Å²) in [6.07, 6.45) is 1.35. The molecule has 0 atom stereocenters. The lowest BCUT2D eigenvalue weighted by atomic mass is 10.0. The summed E-state index contributed by atoms with van der Waals surface area (Å²) in [5.74, 6) is -2.15. The number of carbonyl (C=O) groups excluding carboxylic acids is 1. The van der Waals surface area contributed by atoms with Crippen LogP contribution >= 0.6 is 23.2 Å². The highest BCUT2D eigenvalue weighted by molar-refractivity contribution is 6.37. The summed E-state index contributed by atoms with van der Waals surface area (Å²) >= 11 is 12.4. The van der Waals surface area contributed by atoms with Gasteiger partial charge in [0.05, 0.1) is 15.7 Å². The maximum Gasteiger partial charge on any atom is 0.260 e. The minimum atomic E-state index is -0.907. The van der Waals surface area contributed by atoms with Crippen molar-refractivity contribution in [2.45, 2.75) is 0 Å². The summed E-state index contributed by atoms with van der Waals surface area (Å²) in [6.45, 7) is -0.432. The highest BCUT2D eigenvalue weighted by atomic mass is 35.5. The fourth-order valence-corrected chi connectivity index (χ4v) is 3.27. The number of amides is 1. The predicted molar refractivity (Wildman–Crippen MR) is 114 cm³/mol. The van der Waals surface area contributed by atoms with Gasteiger partial charge < -0.3 is 10.2 Å². The Balaban J connectivity index is 2.16. The fraction of sp³-hybridized carbons (Fsp3) is 0.0952. The van der Waals surface area contributed by atoms with Crippen molar-refractivity contribution < 1.29 is 18.4 Å². The molecule has 0 unspecified atom stereocenters. The Labute approximate surface area is 185 Å². The average molecular weight is 466 g/mol. The summed E-state index contributed by atoms with van der Waals surface area (Å²) in [6, 6.07) is 10.2. The predicted octanol–water partition coefficient (Wildman–Crippen LogP) is 3.94. The Morgan fingerprint density at radius 2 is 1.84 bits per heavy atom. The molecule has 1 N–H and O–H groups in total. The minimum Gasteiger partial charge on any atom is -0.385 e. The molecule has 1 aromatic heterocycles. The fourth-order valence-electron chi connectivity index (χ4n) is 2.69. The number of hydrogen-bond donors (Lipinski definition) is 1. The number of carbonyl (C=O) groups is 1. The summed E-state index contributed by atoms with van der Waals surface area (Å²) in [4.78, 5) is 29.0. The first-order valence-corrected chi connectivity index (χ1v) is 9.61. The number of hydrogen-bond acceptors (Lipinski definition) is 4. The summed E-state index contributed by atoms with van der Waals surface area (Å²) in [5.41, 5.74) is -0.170. The molecule has 0 spiro atoms. The Kier molecular flexibility index (Phi) is 7.04. The van der Waals surface area contributed by atoms with E-state index < -0.39 is 29.7 Å². The molecule has 0 aliphatic carbocycles. The summed E-state index contributed by atoms with van der Waals surface area (Å²) in [7, 11) is 1.42. The van der Waals surface area contributed by atoms with Crippen LogP contribution in [0.15, 0.2) is 64.7 Å². The van der Waals surface area contributed by atoms with Crippen LogP contribution in [0.3, 0.4) is 0 Å². The minimum absolute atomic E-state index is 0.0710. The molecule has 6 nitrogen and oxygen atoms in total. The smallest absolute Gasteiger partial charge is 0.260 e. The lowest BCUT2D eigenvalue weighted by Gasteiger charge is -2.13. The van der Waals surface area contributed by atoms with Crippen LogP contribution in [-0.2, 0) is 9.63 Å². The molecule has 1 amide bonds. The van der Waals surface area contributed by atoms with E-state index in [9.17, 15) is 18.4 Å². The first-order chi connectivity index (χ1) is 14.8. The van der Waals surface area contributed by atoms with E-state index >= 15 is 0 Å². The molecule has 3 aromatic rings. The Bertz CT molecular complexity index is 1210. The van der Waals surface area contributed by atoms with Gasteiger partial charge in [0.1, 0.15) is 17.3 Å². The highest BCUT2D eigenvalue weighted by Crippen LogP contribution is 2.27. The Hall–Kier alpha value is -3.23. The summed E-state index contributed by atoms with van der Waals surface area (Å²) in [5, 5.41) is 6.65. The van der Waals surface area contributed by atoms with Crippen LogP contribution in [0.5, 0.6) is 0 Å². The highest BCUT2D eigenvalue weighted by Gasteiger charge is 2.17. The molecule has 0 radical (unpaired) electrons. The molecule has 0 fully saturated rings. The SMILES string of the molecule is CNC(=O)CON=C(c1ccc(=O)n(-c2c(Cl)cccc2Cl)c1)c1ccc(F)cc1F. The normalized spacial score (nSPS) is 11.3. The number of aromatic nitrogens is 1. The van der Waals surface area contributed by atoms with Crippen LogP contribution in [0.25, 0.3) is 5.69 Å². The zero-order valence-electron chi connectivity index (χ0n) is 16.0. The molecule has 0 bridgehead atoms. The number of nitrogens with one attached hydrogen (secondary N) is 1. The topological polar surface area (TPSA) is 72.7 Å². The van der Waals surface area contributed by atoms with Gasteiger partial charge in [0, 0.05) is 36.5 Å². The van der Waals surface area contributed by atoms with E-state index in [2.05, 4.69) is 10.5 Å². The lowest BCUT2D eigenvalue weighted by Crippen LogP contribution is -2.23. The van der Waals surface area contributed by atoms with Crippen molar-refractivity contribution in [2.75, 3.05) is 13.7 Å². The van der Waals surface area contributed by atoms with Crippen molar-refractivity contribution in [3.63, 3.8) is 0 Å². The first-order valence-electron chi connectivity index (χ1n) is 8.85. The molecular weight excluding hydrogens is 451 g/mol. The Morgan fingerprint density at radius 3 is 2.48 bits per heavy atom. The molecule has 0 aliphatic heterocycles. The number of rotatable bonds is 6. The van der Waals surface area contributed by atoms with Crippen LogP contribution in [0.4, 0.5) is 8.78 Å². The quantitative estimate of drug-likeness (QED) is 0.442. The van der Waals surface area contributed by atoms with Crippen LogP contribution in [0.1, 0.15) is 11.1 Å². The molecule has 0 aliphatic rings. The first kappa shape index (κ1) is 22.5. The van der Waals surface area contributed by atoms with Gasteiger partial charge in [0.2, 0.25) is 0 Å². The van der Waals surface area contributed by atoms with Crippen molar-refractivity contribution >= 4 is 34.8 Å². The zero-order valence-corrected chi connectivity index (χ0v) is 17.5. The van der Waals surface area contributed by atoms with Gasteiger partial charge in [-0.15, -0.1) is 0 Å². The van der Waals surface area contributed by atoms with Crippen LogP contribution < -0.4 is 10.9 Å². The molecule has 0 saturated carbocycles. The molecule has 1 heterocycles. The van der Waals surface area contributed by atoms with E-state index in [4.69, 9.17) is 28.0 Å². The molecular formula is C21H15Cl2F2N3O3. The van der Waals surface area contributed by atoms with Gasteiger partial charge in [0.15, 0.2) is 6.61 Å². The van der Waals surface area contributed by atoms with Gasteiger partial charge in [-0.25, -0.2) is 8.78 Å². The van der Waals surface area contributed by atoms with Gasteiger partial charge in [0.25, 0.3) is 11.5 Å². The largest absolute Gasteiger partial charge is 0.385 e. The van der Waals surface area contributed by atoms with Crippen molar-refractivity contribution in [1.82, 2.24) is 9.88 Å². The van der Waals surface area contributed by atoms with Crippen molar-refractivity contribution in [3.05, 3.63) is 97.9 Å². The number of para-hydroxylation sites is 1. The molecule has 10 heteroatoms. The van der Waals surface area contributed by atoms with Crippen molar-refractivity contribution in [1.29, 1.82) is 0 Å². The van der Waals surface area contributed by atoms with Crippen LogP contribution in [0.2, 0.25) is 10.0 Å². The van der Waals surface area contributed by atoms with Gasteiger partial charge in [-0.2, -0.15) is 0 Å². The number of nitrogens with zero attached hydrogens (tertiary/aromatic N) is 2. The third-order valence-electron chi connectivity index (χ3n) is 4.18. The standard InChI is InChI=1S/C21H15Cl2F2N3O3/c1-26-18(29)11-31-27-20(14-7-6-13(24)9-17(14)25)12-5-8-19(30)28(10-12)21-15(22)3-2-4-16(21)23/h2-10H,11H2,1H3,(H,26,29). The maximum atomic E-state index is 14.5. The third kappa shape index (κ3) is 5.10. The molecule has 0 saturated heterocycles.